The van der Waals surface area contributed by atoms with E-state index in [4.69, 9.17) is 19.4 Å². The van der Waals surface area contributed by atoms with Crippen LogP contribution < -0.4 is 14.4 Å². The Kier molecular flexibility index (Phi) is 7.04. The van der Waals surface area contributed by atoms with Gasteiger partial charge in [0.15, 0.2) is 0 Å². The Labute approximate surface area is 212 Å². The lowest BCUT2D eigenvalue weighted by molar-refractivity contribution is 0.212. The molecular formula is C28H34N6O2. The number of aromatic nitrogens is 4. The molecule has 4 aromatic rings. The van der Waals surface area contributed by atoms with Gasteiger partial charge in [0.2, 0.25) is 0 Å². The third-order valence-electron chi connectivity index (χ3n) is 6.89. The van der Waals surface area contributed by atoms with Gasteiger partial charge in [0.25, 0.3) is 0 Å². The molecule has 36 heavy (non-hydrogen) atoms. The van der Waals surface area contributed by atoms with Crippen LogP contribution in [0.5, 0.6) is 11.5 Å². The Balaban J connectivity index is 1.47. The lowest BCUT2D eigenvalue weighted by atomic mass is 10.1. The van der Waals surface area contributed by atoms with Gasteiger partial charge in [-0.25, -0.2) is 4.98 Å². The summed E-state index contributed by atoms with van der Waals surface area (Å²) in [6.45, 7) is 5.22. The standard InChI is InChI=1S/C28H34N6O2/c1-5-10-33(23-13-24(35-3)16-25(14-23)36-4)22-6-7-26-27(15-22)31-28(18-29-26)20-17-30-34(19-20)21-8-11-32(2)12-9-21/h6-7,13-19,21H,5,8-12H2,1-4H3. The average molecular weight is 487 g/mol. The summed E-state index contributed by atoms with van der Waals surface area (Å²) < 4.78 is 13.1. The average Bonchev–Trinajstić information content (AvgIpc) is 3.41. The van der Waals surface area contributed by atoms with E-state index < -0.39 is 0 Å². The predicted molar refractivity (Wildman–Crippen MR) is 143 cm³/mol. The van der Waals surface area contributed by atoms with Crippen molar-refractivity contribution in [3.05, 3.63) is 55.0 Å². The minimum absolute atomic E-state index is 0.442. The molecule has 0 unspecified atom stereocenters. The number of benzene rings is 2. The van der Waals surface area contributed by atoms with Crippen molar-refractivity contribution in [1.82, 2.24) is 24.6 Å². The highest BCUT2D eigenvalue weighted by Gasteiger charge is 2.20. The fourth-order valence-electron chi connectivity index (χ4n) is 4.82. The maximum Gasteiger partial charge on any atom is 0.124 e. The molecule has 1 fully saturated rings. The second-order valence-corrected chi connectivity index (χ2v) is 9.39. The molecule has 0 atom stereocenters. The molecule has 0 spiro atoms. The van der Waals surface area contributed by atoms with E-state index in [0.29, 0.717) is 6.04 Å². The lowest BCUT2D eigenvalue weighted by Crippen LogP contribution is -2.31. The molecule has 8 heteroatoms. The molecule has 0 aliphatic carbocycles. The summed E-state index contributed by atoms with van der Waals surface area (Å²) in [5.74, 6) is 1.52. The molecule has 2 aromatic carbocycles. The number of hydrogen-bond donors (Lipinski definition) is 0. The van der Waals surface area contributed by atoms with E-state index in [1.807, 2.05) is 36.7 Å². The highest BCUT2D eigenvalue weighted by molar-refractivity contribution is 5.82. The SMILES string of the molecule is CCCN(c1cc(OC)cc(OC)c1)c1ccc2ncc(-c3cnn(C4CCN(C)CC4)c3)nc2c1. The summed E-state index contributed by atoms with van der Waals surface area (Å²) in [6, 6.07) is 12.6. The fraction of sp³-hybridized carbons (Fsp3) is 0.393. The van der Waals surface area contributed by atoms with E-state index in [1.165, 1.54) is 0 Å². The van der Waals surface area contributed by atoms with Crippen LogP contribution in [-0.2, 0) is 0 Å². The van der Waals surface area contributed by atoms with E-state index in [0.717, 1.165) is 84.1 Å². The van der Waals surface area contributed by atoms with Gasteiger partial charge in [0, 0.05) is 47.9 Å². The highest BCUT2D eigenvalue weighted by Crippen LogP contribution is 2.34. The maximum absolute atomic E-state index is 5.51. The molecule has 1 saturated heterocycles. The Morgan fingerprint density at radius 1 is 0.944 bits per heavy atom. The minimum atomic E-state index is 0.442. The van der Waals surface area contributed by atoms with Crippen LogP contribution in [0.15, 0.2) is 55.0 Å². The maximum atomic E-state index is 5.51. The zero-order chi connectivity index (χ0) is 25.1. The molecule has 5 rings (SSSR count). The number of ether oxygens (including phenoxy) is 2. The normalized spacial score (nSPS) is 14.8. The number of likely N-dealkylation sites (tertiary alicyclic amines) is 1. The molecule has 0 bridgehead atoms. The fourth-order valence-corrected chi connectivity index (χ4v) is 4.82. The molecule has 0 amide bonds. The van der Waals surface area contributed by atoms with Crippen LogP contribution in [0.2, 0.25) is 0 Å². The van der Waals surface area contributed by atoms with Gasteiger partial charge in [-0.15, -0.1) is 0 Å². The number of fused-ring (bicyclic) bond motifs is 1. The Morgan fingerprint density at radius 3 is 2.39 bits per heavy atom. The smallest absolute Gasteiger partial charge is 0.124 e. The molecule has 0 radical (unpaired) electrons. The summed E-state index contributed by atoms with van der Waals surface area (Å²) in [7, 11) is 5.52. The van der Waals surface area contributed by atoms with Crippen LogP contribution >= 0.6 is 0 Å². The number of nitrogens with zero attached hydrogens (tertiary/aromatic N) is 6. The summed E-state index contributed by atoms with van der Waals surface area (Å²) in [5.41, 5.74) is 5.61. The van der Waals surface area contributed by atoms with Gasteiger partial charge in [-0.1, -0.05) is 6.92 Å². The molecule has 188 valence electrons. The first-order valence-electron chi connectivity index (χ1n) is 12.6. The van der Waals surface area contributed by atoms with Crippen LogP contribution in [0, 0.1) is 0 Å². The summed E-state index contributed by atoms with van der Waals surface area (Å²) >= 11 is 0. The van der Waals surface area contributed by atoms with E-state index in [1.54, 1.807) is 14.2 Å². The largest absolute Gasteiger partial charge is 0.497 e. The van der Waals surface area contributed by atoms with Crippen molar-refractivity contribution in [2.24, 2.45) is 0 Å². The molecule has 0 N–H and O–H groups in total. The summed E-state index contributed by atoms with van der Waals surface area (Å²) in [6.07, 6.45) is 9.08. The number of methoxy groups -OCH3 is 2. The molecule has 3 heterocycles. The molecule has 1 aliphatic heterocycles. The van der Waals surface area contributed by atoms with Crippen LogP contribution in [0.1, 0.15) is 32.2 Å². The van der Waals surface area contributed by atoms with Crippen LogP contribution in [-0.4, -0.2) is 65.5 Å². The van der Waals surface area contributed by atoms with Gasteiger partial charge >= 0.3 is 0 Å². The molecule has 0 saturated carbocycles. The van der Waals surface area contributed by atoms with E-state index in [2.05, 4.69) is 51.9 Å². The van der Waals surface area contributed by atoms with Crippen molar-refractivity contribution in [1.29, 1.82) is 0 Å². The first-order chi connectivity index (χ1) is 17.6. The van der Waals surface area contributed by atoms with Crippen LogP contribution in [0.3, 0.4) is 0 Å². The molecule has 1 aliphatic rings. The number of piperidine rings is 1. The lowest BCUT2D eigenvalue weighted by Gasteiger charge is -2.28. The van der Waals surface area contributed by atoms with Gasteiger partial charge in [0.1, 0.15) is 11.5 Å². The van der Waals surface area contributed by atoms with E-state index in [-0.39, 0.29) is 0 Å². The predicted octanol–water partition coefficient (Wildman–Crippen LogP) is 5.33. The molecule has 8 nitrogen and oxygen atoms in total. The first-order valence-corrected chi connectivity index (χ1v) is 12.6. The first kappa shape index (κ1) is 24.1. The zero-order valence-corrected chi connectivity index (χ0v) is 21.5. The minimum Gasteiger partial charge on any atom is -0.497 e. The second kappa shape index (κ2) is 10.5. The Morgan fingerprint density at radius 2 is 1.69 bits per heavy atom. The van der Waals surface area contributed by atoms with Gasteiger partial charge < -0.3 is 19.3 Å². The van der Waals surface area contributed by atoms with Crippen molar-refractivity contribution in [3.8, 4) is 22.8 Å². The van der Waals surface area contributed by atoms with Gasteiger partial charge in [0.05, 0.1) is 49.4 Å². The quantitative estimate of drug-likeness (QED) is 0.334. The number of anilines is 2. The summed E-state index contributed by atoms with van der Waals surface area (Å²) in [5, 5.41) is 4.66. The van der Waals surface area contributed by atoms with Crippen molar-refractivity contribution >= 4 is 22.4 Å². The third kappa shape index (κ3) is 4.99. The van der Waals surface area contributed by atoms with E-state index >= 15 is 0 Å². The Hall–Kier alpha value is -3.65. The highest BCUT2D eigenvalue weighted by atomic mass is 16.5. The van der Waals surface area contributed by atoms with Crippen LogP contribution in [0.4, 0.5) is 11.4 Å². The number of hydrogen-bond acceptors (Lipinski definition) is 7. The number of rotatable bonds is 8. The summed E-state index contributed by atoms with van der Waals surface area (Å²) in [4.78, 5) is 14.3. The van der Waals surface area contributed by atoms with Gasteiger partial charge in [-0.3, -0.25) is 9.67 Å². The second-order valence-electron chi connectivity index (χ2n) is 9.39. The van der Waals surface area contributed by atoms with Crippen molar-refractivity contribution in [2.45, 2.75) is 32.2 Å². The van der Waals surface area contributed by atoms with Gasteiger partial charge in [-0.05, 0) is 57.6 Å². The Bertz CT molecular complexity index is 1310. The van der Waals surface area contributed by atoms with Crippen LogP contribution in [0.25, 0.3) is 22.3 Å². The molecular weight excluding hydrogens is 452 g/mol. The van der Waals surface area contributed by atoms with E-state index in [9.17, 15) is 0 Å². The zero-order valence-electron chi connectivity index (χ0n) is 21.5. The molecule has 2 aromatic heterocycles. The van der Waals surface area contributed by atoms with Gasteiger partial charge in [-0.2, -0.15) is 5.10 Å². The van der Waals surface area contributed by atoms with Crippen molar-refractivity contribution < 1.29 is 9.47 Å². The monoisotopic (exact) mass is 486 g/mol. The van der Waals surface area contributed by atoms with Crippen molar-refractivity contribution in [3.63, 3.8) is 0 Å². The topological polar surface area (TPSA) is 68.5 Å². The van der Waals surface area contributed by atoms with Crippen molar-refractivity contribution in [2.75, 3.05) is 45.8 Å². The third-order valence-corrected chi connectivity index (χ3v) is 6.89.